The second kappa shape index (κ2) is 9.75. The molecule has 9 nitrogen and oxygen atoms in total. The number of rotatable bonds is 10. The molecule has 0 bridgehead atoms. The smallest absolute Gasteiger partial charge is 0.240 e. The summed E-state index contributed by atoms with van der Waals surface area (Å²) >= 11 is 0. The number of aromatic nitrogens is 4. The molecule has 144 valence electrons. The zero-order chi connectivity index (χ0) is 19.7. The Hall–Kier alpha value is -2.83. The average molecular weight is 371 g/mol. The van der Waals surface area contributed by atoms with E-state index < -0.39 is 11.6 Å². The van der Waals surface area contributed by atoms with Crippen molar-refractivity contribution in [3.63, 3.8) is 0 Å². The van der Waals surface area contributed by atoms with Crippen molar-refractivity contribution in [2.45, 2.75) is 51.4 Å². The second-order valence-electron chi connectivity index (χ2n) is 6.77. The predicted octanol–water partition coefficient (Wildman–Crippen LogP) is 1.09. The van der Waals surface area contributed by atoms with Crippen molar-refractivity contribution < 1.29 is 9.53 Å². The molecule has 1 amide bonds. The molecule has 2 aromatic rings. The molecule has 3 N–H and O–H groups in total. The Morgan fingerprint density at radius 3 is 2.81 bits per heavy atom. The highest BCUT2D eigenvalue weighted by Gasteiger charge is 2.28. The average Bonchev–Trinajstić information content (AvgIpc) is 3.09. The molecule has 1 heterocycles. The van der Waals surface area contributed by atoms with Crippen molar-refractivity contribution in [2.75, 3.05) is 6.61 Å². The number of nitriles is 1. The van der Waals surface area contributed by atoms with Crippen LogP contribution in [0.25, 0.3) is 0 Å². The number of carbonyl (C=O) groups excluding carboxylic acids is 1. The van der Waals surface area contributed by atoms with Gasteiger partial charge in [0.05, 0.1) is 24.8 Å². The zero-order valence-corrected chi connectivity index (χ0v) is 15.6. The molecule has 0 fully saturated rings. The van der Waals surface area contributed by atoms with E-state index in [4.69, 9.17) is 15.7 Å². The molecule has 1 atom stereocenters. The van der Waals surface area contributed by atoms with Crippen LogP contribution in [0, 0.1) is 11.3 Å². The van der Waals surface area contributed by atoms with E-state index in [1.165, 1.54) is 0 Å². The Morgan fingerprint density at radius 1 is 1.41 bits per heavy atom. The molecule has 0 aliphatic heterocycles. The van der Waals surface area contributed by atoms with E-state index in [1.807, 2.05) is 30.3 Å². The fourth-order valence-electron chi connectivity index (χ4n) is 2.32. The van der Waals surface area contributed by atoms with Crippen molar-refractivity contribution in [2.24, 2.45) is 5.73 Å². The van der Waals surface area contributed by atoms with Crippen LogP contribution in [0.3, 0.4) is 0 Å². The van der Waals surface area contributed by atoms with Crippen LogP contribution in [0.1, 0.15) is 44.1 Å². The lowest BCUT2D eigenvalue weighted by atomic mass is 10.1. The number of tetrazole rings is 1. The van der Waals surface area contributed by atoms with E-state index in [-0.39, 0.29) is 12.5 Å². The van der Waals surface area contributed by atoms with Crippen molar-refractivity contribution in [3.05, 3.63) is 41.7 Å². The first-order valence-corrected chi connectivity index (χ1v) is 8.76. The molecular formula is C18H25N7O2. The van der Waals surface area contributed by atoms with Crippen LogP contribution in [0.4, 0.5) is 0 Å². The number of amides is 1. The third kappa shape index (κ3) is 6.44. The molecular weight excluding hydrogens is 346 g/mol. The fraction of sp³-hybridized carbons (Fsp3) is 0.500. The third-order valence-electron chi connectivity index (χ3n) is 3.82. The van der Waals surface area contributed by atoms with E-state index in [2.05, 4.69) is 26.9 Å². The number of carbonyl (C=O) groups is 1. The Morgan fingerprint density at radius 2 is 2.15 bits per heavy atom. The number of nitrogens with zero attached hydrogens (tertiary/aromatic N) is 5. The maximum absolute atomic E-state index is 12.4. The number of hydrogen-bond donors (Lipinski definition) is 2. The monoisotopic (exact) mass is 371 g/mol. The lowest BCUT2D eigenvalue weighted by molar-refractivity contribution is -0.126. The molecule has 0 aliphatic carbocycles. The highest BCUT2D eigenvalue weighted by Crippen LogP contribution is 2.13. The summed E-state index contributed by atoms with van der Waals surface area (Å²) in [5, 5.41) is 23.3. The van der Waals surface area contributed by atoms with E-state index in [9.17, 15) is 4.79 Å². The lowest BCUT2D eigenvalue weighted by Crippen LogP contribution is -2.51. The van der Waals surface area contributed by atoms with Crippen LogP contribution in [0.15, 0.2) is 30.3 Å². The van der Waals surface area contributed by atoms with Gasteiger partial charge in [0.2, 0.25) is 5.91 Å². The molecule has 9 heteroatoms. The molecule has 0 saturated carbocycles. The highest BCUT2D eigenvalue weighted by molar-refractivity contribution is 5.85. The summed E-state index contributed by atoms with van der Waals surface area (Å²) in [6.45, 7) is 4.32. The number of nitrogens with two attached hydrogens (primary N) is 1. The van der Waals surface area contributed by atoms with Crippen LogP contribution in [-0.4, -0.2) is 38.3 Å². The number of hydrogen-bond acceptors (Lipinski definition) is 7. The number of benzene rings is 1. The van der Waals surface area contributed by atoms with Gasteiger partial charge in [0.15, 0.2) is 5.82 Å². The van der Waals surface area contributed by atoms with Gasteiger partial charge < -0.3 is 15.8 Å². The fourth-order valence-corrected chi connectivity index (χ4v) is 2.32. The maximum atomic E-state index is 12.4. The van der Waals surface area contributed by atoms with Gasteiger partial charge in [0.25, 0.3) is 0 Å². The first kappa shape index (κ1) is 20.5. The molecule has 0 aliphatic rings. The summed E-state index contributed by atoms with van der Waals surface area (Å²) in [7, 11) is 0. The molecule has 1 aromatic carbocycles. The standard InChI is InChI=1S/C18H25N7O2/c1-18(2,20)17(26)21-15(13-27-12-14-8-4-3-5-9-14)16-22-23-24-25(16)11-7-6-10-19/h3-5,8-9,15H,6-7,11-13,20H2,1-2H3,(H,21,26)/t15-/m1/s1. The summed E-state index contributed by atoms with van der Waals surface area (Å²) in [4.78, 5) is 12.4. The van der Waals surface area contributed by atoms with E-state index in [0.717, 1.165) is 5.56 Å². The minimum absolute atomic E-state index is 0.190. The van der Waals surface area contributed by atoms with E-state index in [0.29, 0.717) is 31.8 Å². The number of ether oxygens (including phenoxy) is 1. The summed E-state index contributed by atoms with van der Waals surface area (Å²) in [5.41, 5.74) is 5.87. The molecule has 0 radical (unpaired) electrons. The van der Waals surface area contributed by atoms with E-state index >= 15 is 0 Å². The highest BCUT2D eigenvalue weighted by atomic mass is 16.5. The SMILES string of the molecule is CC(C)(N)C(=O)N[C@H](COCc1ccccc1)c1nnnn1CCCC#N. The molecule has 1 aromatic heterocycles. The van der Waals surface area contributed by atoms with Crippen LogP contribution in [-0.2, 0) is 22.7 Å². The zero-order valence-electron chi connectivity index (χ0n) is 15.6. The first-order valence-electron chi connectivity index (χ1n) is 8.76. The van der Waals surface area contributed by atoms with Crippen LogP contribution >= 0.6 is 0 Å². The second-order valence-corrected chi connectivity index (χ2v) is 6.77. The normalized spacial score (nSPS) is 12.4. The summed E-state index contributed by atoms with van der Waals surface area (Å²) in [5.74, 6) is 0.140. The molecule has 2 rings (SSSR count). The van der Waals surface area contributed by atoms with Gasteiger partial charge in [-0.3, -0.25) is 4.79 Å². The van der Waals surface area contributed by atoms with Crippen LogP contribution < -0.4 is 11.1 Å². The van der Waals surface area contributed by atoms with Crippen molar-refractivity contribution in [1.82, 2.24) is 25.5 Å². The lowest BCUT2D eigenvalue weighted by Gasteiger charge is -2.23. The van der Waals surface area contributed by atoms with Crippen molar-refractivity contribution >= 4 is 5.91 Å². The Labute approximate surface area is 158 Å². The largest absolute Gasteiger partial charge is 0.374 e. The van der Waals surface area contributed by atoms with Gasteiger partial charge in [0, 0.05) is 13.0 Å². The van der Waals surface area contributed by atoms with Gasteiger partial charge >= 0.3 is 0 Å². The van der Waals surface area contributed by atoms with E-state index in [1.54, 1.807) is 18.5 Å². The minimum Gasteiger partial charge on any atom is -0.374 e. The van der Waals surface area contributed by atoms with Gasteiger partial charge in [-0.1, -0.05) is 30.3 Å². The van der Waals surface area contributed by atoms with Gasteiger partial charge in [-0.25, -0.2) is 4.68 Å². The summed E-state index contributed by atoms with van der Waals surface area (Å²) in [6, 6.07) is 11.3. The molecule has 0 saturated heterocycles. The third-order valence-corrected chi connectivity index (χ3v) is 3.82. The number of nitrogens with one attached hydrogen (secondary N) is 1. The minimum atomic E-state index is -1.04. The van der Waals surface area contributed by atoms with Gasteiger partial charge in [0.1, 0.15) is 6.04 Å². The van der Waals surface area contributed by atoms with Gasteiger partial charge in [-0.15, -0.1) is 5.10 Å². The topological polar surface area (TPSA) is 132 Å². The van der Waals surface area contributed by atoms with Gasteiger partial charge in [-0.05, 0) is 36.3 Å². The Bertz CT molecular complexity index is 762. The quantitative estimate of drug-likeness (QED) is 0.597. The number of unbranched alkanes of at least 4 members (excludes halogenated alkanes) is 1. The molecule has 27 heavy (non-hydrogen) atoms. The summed E-state index contributed by atoms with van der Waals surface area (Å²) < 4.78 is 7.36. The maximum Gasteiger partial charge on any atom is 0.240 e. The van der Waals surface area contributed by atoms with Crippen molar-refractivity contribution in [3.8, 4) is 6.07 Å². The molecule has 0 spiro atoms. The van der Waals surface area contributed by atoms with Crippen LogP contribution in [0.5, 0.6) is 0 Å². The first-order chi connectivity index (χ1) is 12.9. The van der Waals surface area contributed by atoms with Crippen LogP contribution in [0.2, 0.25) is 0 Å². The van der Waals surface area contributed by atoms with Crippen molar-refractivity contribution in [1.29, 1.82) is 5.26 Å². The summed E-state index contributed by atoms with van der Waals surface area (Å²) in [6.07, 6.45) is 1.01. The number of aryl methyl sites for hydroxylation is 1. The predicted molar refractivity (Wildman–Crippen MR) is 97.9 cm³/mol. The van der Waals surface area contributed by atoms with Gasteiger partial charge in [-0.2, -0.15) is 5.26 Å². The Balaban J connectivity index is 2.08. The molecule has 0 unspecified atom stereocenters. The Kier molecular flexibility index (Phi) is 7.40.